The minimum absolute atomic E-state index is 0.626. The molecule has 0 radical (unpaired) electrons. The molecule has 0 unspecified atom stereocenters. The molecular weight excluding hydrogens is 579 g/mol. The van der Waals surface area contributed by atoms with Gasteiger partial charge in [-0.1, -0.05) is 152 Å². The largest absolute Gasteiger partial charge is 0.338 e. The normalized spacial score (nSPS) is 13.0. The van der Waals surface area contributed by atoms with E-state index in [-0.39, 0.29) is 0 Å². The lowest BCUT2D eigenvalue weighted by Gasteiger charge is -2.32. The summed E-state index contributed by atoms with van der Waals surface area (Å²) in [6, 6.07) is 57.3. The Kier molecular flexibility index (Phi) is 6.08. The molecular formula is C40H27N5Si. The van der Waals surface area contributed by atoms with Crippen molar-refractivity contribution in [3.05, 3.63) is 164 Å². The van der Waals surface area contributed by atoms with Crippen molar-refractivity contribution in [2.45, 2.75) is 0 Å². The fourth-order valence-electron chi connectivity index (χ4n) is 6.95. The van der Waals surface area contributed by atoms with Crippen molar-refractivity contribution in [1.29, 1.82) is 0 Å². The van der Waals surface area contributed by atoms with E-state index in [1.807, 2.05) is 60.7 Å². The van der Waals surface area contributed by atoms with E-state index in [9.17, 15) is 0 Å². The van der Waals surface area contributed by atoms with Crippen LogP contribution < -0.4 is 15.6 Å². The zero-order chi connectivity index (χ0) is 30.5. The van der Waals surface area contributed by atoms with Crippen LogP contribution >= 0.6 is 0 Å². The van der Waals surface area contributed by atoms with Crippen molar-refractivity contribution >= 4 is 34.8 Å². The van der Waals surface area contributed by atoms with Gasteiger partial charge in [-0.05, 0) is 27.7 Å². The Morgan fingerprint density at radius 3 is 1.46 bits per heavy atom. The van der Waals surface area contributed by atoms with Crippen LogP contribution in [0.1, 0.15) is 0 Å². The first kappa shape index (κ1) is 26.4. The van der Waals surface area contributed by atoms with Crippen molar-refractivity contribution in [3.63, 3.8) is 0 Å². The van der Waals surface area contributed by atoms with Crippen LogP contribution in [0.2, 0.25) is 0 Å². The van der Waals surface area contributed by atoms with E-state index < -0.39 is 8.24 Å². The third-order valence-electron chi connectivity index (χ3n) is 8.89. The third kappa shape index (κ3) is 3.94. The summed E-state index contributed by atoms with van der Waals surface area (Å²) in [5.41, 5.74) is 5.96. The number of hydrogen-bond acceptors (Lipinski definition) is 4. The Bertz CT molecular complexity index is 2260. The standard InChI is InChI=1S/C40H27N5Si/c1-5-16-28(17-6-1)37-42-38(29-18-7-2-8-19-29)44-39(43-37)33-25-15-26-34-36(33)45-40(41-34)32-24-13-14-27-35(32)46(45,30-20-9-3-10-21-30)31-22-11-4-12-23-31/h1-27H. The van der Waals surface area contributed by atoms with Gasteiger partial charge in [0.25, 0.3) is 8.24 Å². The number of para-hydroxylation sites is 1. The summed E-state index contributed by atoms with van der Waals surface area (Å²) >= 11 is 0. The summed E-state index contributed by atoms with van der Waals surface area (Å²) < 4.78 is 2.56. The van der Waals surface area contributed by atoms with E-state index in [4.69, 9.17) is 19.9 Å². The number of imidazole rings is 1. The molecule has 1 aliphatic heterocycles. The highest BCUT2D eigenvalue weighted by molar-refractivity contribution is 7.12. The molecule has 5 nitrogen and oxygen atoms in total. The molecule has 0 bridgehead atoms. The van der Waals surface area contributed by atoms with Gasteiger partial charge in [0.2, 0.25) is 0 Å². The first-order valence-electron chi connectivity index (χ1n) is 15.4. The van der Waals surface area contributed by atoms with E-state index in [0.717, 1.165) is 33.5 Å². The van der Waals surface area contributed by atoms with Crippen molar-refractivity contribution < 1.29 is 0 Å². The highest BCUT2D eigenvalue weighted by atomic mass is 28.3. The molecule has 216 valence electrons. The molecule has 0 amide bonds. The quantitative estimate of drug-likeness (QED) is 0.205. The first-order chi connectivity index (χ1) is 22.8. The van der Waals surface area contributed by atoms with E-state index in [2.05, 4.69) is 107 Å². The Balaban J connectivity index is 1.40. The van der Waals surface area contributed by atoms with Crippen LogP contribution in [0.25, 0.3) is 56.6 Å². The lowest BCUT2D eigenvalue weighted by atomic mass is 10.1. The molecule has 1 aliphatic rings. The maximum atomic E-state index is 5.35. The highest BCUT2D eigenvalue weighted by Gasteiger charge is 2.51. The predicted octanol–water partition coefficient (Wildman–Crippen LogP) is 6.72. The summed E-state index contributed by atoms with van der Waals surface area (Å²) in [4.78, 5) is 20.6. The maximum Gasteiger partial charge on any atom is 0.259 e. The van der Waals surface area contributed by atoms with Crippen molar-refractivity contribution in [2.24, 2.45) is 0 Å². The third-order valence-corrected chi connectivity index (χ3v) is 13.6. The predicted molar refractivity (Wildman–Crippen MR) is 188 cm³/mol. The summed E-state index contributed by atoms with van der Waals surface area (Å²) in [6.07, 6.45) is 0. The van der Waals surface area contributed by atoms with E-state index >= 15 is 0 Å². The molecule has 2 aromatic heterocycles. The minimum atomic E-state index is -2.87. The monoisotopic (exact) mass is 605 g/mol. The molecule has 0 spiro atoms. The van der Waals surface area contributed by atoms with Gasteiger partial charge in [-0.2, -0.15) is 0 Å². The Labute approximate surface area is 267 Å². The SMILES string of the molecule is c1ccc(-c2nc(-c3ccccc3)nc(-c3cccc4nc5n(c34)[Si](c3ccccc3)(c3ccccc3)c3ccccc3-5)n2)cc1. The number of rotatable bonds is 5. The number of aromatic nitrogens is 5. The lowest BCUT2D eigenvalue weighted by molar-refractivity contribution is 1.07. The molecule has 0 saturated heterocycles. The average molecular weight is 606 g/mol. The zero-order valence-electron chi connectivity index (χ0n) is 24.8. The maximum absolute atomic E-state index is 5.35. The number of fused-ring (bicyclic) bond motifs is 5. The molecule has 0 fully saturated rings. The second-order valence-electron chi connectivity index (χ2n) is 11.5. The van der Waals surface area contributed by atoms with Crippen LogP contribution in [0.4, 0.5) is 0 Å². The molecule has 46 heavy (non-hydrogen) atoms. The van der Waals surface area contributed by atoms with Gasteiger partial charge < -0.3 is 4.23 Å². The minimum Gasteiger partial charge on any atom is -0.338 e. The molecule has 0 atom stereocenters. The Hall–Kier alpha value is -5.98. The average Bonchev–Trinajstić information content (AvgIpc) is 3.67. The van der Waals surface area contributed by atoms with Crippen LogP contribution in [0.5, 0.6) is 0 Å². The van der Waals surface area contributed by atoms with Crippen LogP contribution in [-0.4, -0.2) is 32.4 Å². The van der Waals surface area contributed by atoms with Gasteiger partial charge in [0.1, 0.15) is 5.82 Å². The smallest absolute Gasteiger partial charge is 0.259 e. The summed E-state index contributed by atoms with van der Waals surface area (Å²) in [5, 5.41) is 3.93. The highest BCUT2D eigenvalue weighted by Crippen LogP contribution is 2.38. The van der Waals surface area contributed by atoms with Gasteiger partial charge >= 0.3 is 0 Å². The summed E-state index contributed by atoms with van der Waals surface area (Å²) in [7, 11) is -2.87. The topological polar surface area (TPSA) is 56.5 Å². The second-order valence-corrected chi connectivity index (χ2v) is 15.0. The summed E-state index contributed by atoms with van der Waals surface area (Å²) in [6.45, 7) is 0. The van der Waals surface area contributed by atoms with Crippen LogP contribution in [-0.2, 0) is 0 Å². The molecule has 6 heteroatoms. The van der Waals surface area contributed by atoms with E-state index in [1.165, 1.54) is 21.1 Å². The Morgan fingerprint density at radius 2 is 0.870 bits per heavy atom. The summed E-state index contributed by atoms with van der Waals surface area (Å²) in [5.74, 6) is 2.89. The molecule has 9 rings (SSSR count). The molecule has 8 aromatic rings. The van der Waals surface area contributed by atoms with Crippen LogP contribution in [0, 0.1) is 0 Å². The first-order valence-corrected chi connectivity index (χ1v) is 17.4. The van der Waals surface area contributed by atoms with Gasteiger partial charge in [0.05, 0.1) is 11.0 Å². The second kappa shape index (κ2) is 10.6. The van der Waals surface area contributed by atoms with Gasteiger partial charge in [-0.15, -0.1) is 0 Å². The van der Waals surface area contributed by atoms with E-state index in [1.54, 1.807) is 0 Å². The van der Waals surface area contributed by atoms with Gasteiger partial charge in [0.15, 0.2) is 17.5 Å². The van der Waals surface area contributed by atoms with Gasteiger partial charge in [-0.25, -0.2) is 19.9 Å². The van der Waals surface area contributed by atoms with Gasteiger partial charge in [-0.3, -0.25) is 0 Å². The van der Waals surface area contributed by atoms with Crippen LogP contribution in [0.3, 0.4) is 0 Å². The number of nitrogens with zero attached hydrogens (tertiary/aromatic N) is 5. The number of hydrogen-bond donors (Lipinski definition) is 0. The fraction of sp³-hybridized carbons (Fsp3) is 0. The number of benzene rings is 6. The van der Waals surface area contributed by atoms with Crippen molar-refractivity contribution in [3.8, 4) is 45.6 Å². The van der Waals surface area contributed by atoms with Crippen molar-refractivity contribution in [2.75, 3.05) is 0 Å². The molecule has 0 aliphatic carbocycles. The van der Waals surface area contributed by atoms with Crippen LogP contribution in [0.15, 0.2) is 164 Å². The molecule has 0 N–H and O–H groups in total. The fourth-order valence-corrected chi connectivity index (χ4v) is 12.0. The van der Waals surface area contributed by atoms with Crippen molar-refractivity contribution in [1.82, 2.24) is 24.2 Å². The zero-order valence-corrected chi connectivity index (χ0v) is 25.8. The van der Waals surface area contributed by atoms with E-state index in [0.29, 0.717) is 17.5 Å². The molecule has 3 heterocycles. The molecule has 0 saturated carbocycles. The lowest BCUT2D eigenvalue weighted by Crippen LogP contribution is -2.70. The molecule has 6 aromatic carbocycles. The Morgan fingerprint density at radius 1 is 0.391 bits per heavy atom. The van der Waals surface area contributed by atoms with Gasteiger partial charge in [0, 0.05) is 22.3 Å².